The molecule has 0 amide bonds. The van der Waals surface area contributed by atoms with Crippen LogP contribution in [0.25, 0.3) is 0 Å². The summed E-state index contributed by atoms with van der Waals surface area (Å²) >= 11 is -0.876. The maximum atomic E-state index is 10.6. The Morgan fingerprint density at radius 2 is 1.00 bits per heavy atom. The van der Waals surface area contributed by atoms with Crippen LogP contribution in [0.5, 0.6) is 0 Å². The zero-order valence-electron chi connectivity index (χ0n) is 20.0. The van der Waals surface area contributed by atoms with Gasteiger partial charge in [-0.25, -0.2) is 0 Å². The molecular weight excluding hydrogens is 483 g/mol. The van der Waals surface area contributed by atoms with Gasteiger partial charge in [0.05, 0.1) is 23.8 Å². The first-order valence-corrected chi connectivity index (χ1v) is 13.0. The summed E-state index contributed by atoms with van der Waals surface area (Å²) in [4.78, 5) is 41.5. The Morgan fingerprint density at radius 1 is 0.677 bits per heavy atom. The van der Waals surface area contributed by atoms with Gasteiger partial charge in [0, 0.05) is 0 Å². The van der Waals surface area contributed by atoms with Crippen LogP contribution in [0.2, 0.25) is 0 Å². The molecule has 0 spiro atoms. The Hall–Kier alpha value is -0.917. The Bertz CT molecular complexity index is 412. The first-order chi connectivity index (χ1) is 14.6. The second-order valence-electron chi connectivity index (χ2n) is 7.03. The van der Waals surface area contributed by atoms with Gasteiger partial charge in [0.1, 0.15) is 11.6 Å². The number of carboxylic acids is 2. The predicted octanol–water partition coefficient (Wildman–Crippen LogP) is 2.02. The number of hydrogen-bond acceptors (Lipinski definition) is 8. The van der Waals surface area contributed by atoms with Crippen LogP contribution in [0.15, 0.2) is 0 Å². The van der Waals surface area contributed by atoms with E-state index in [9.17, 15) is 29.4 Å². The van der Waals surface area contributed by atoms with Crippen LogP contribution < -0.4 is 10.2 Å². The van der Waals surface area contributed by atoms with E-state index in [1.165, 1.54) is 39.5 Å². The summed E-state index contributed by atoms with van der Waals surface area (Å²) in [6, 6.07) is 0. The van der Waals surface area contributed by atoms with E-state index in [4.69, 9.17) is 5.63 Å². The molecule has 9 heteroatoms. The quantitative estimate of drug-likeness (QED) is 0.222. The second kappa shape index (κ2) is 25.3. The fourth-order valence-electron chi connectivity index (χ4n) is 2.11. The molecule has 0 saturated heterocycles. The van der Waals surface area contributed by atoms with Crippen molar-refractivity contribution in [3.8, 4) is 0 Å². The number of ketones is 2. The van der Waals surface area contributed by atoms with Crippen molar-refractivity contribution < 1.29 is 59.1 Å². The monoisotopic (exact) mass is 522 g/mol. The van der Waals surface area contributed by atoms with Gasteiger partial charge in [0.25, 0.3) is 0 Å². The van der Waals surface area contributed by atoms with Gasteiger partial charge >= 0.3 is 82.5 Å². The summed E-state index contributed by atoms with van der Waals surface area (Å²) in [5.74, 6) is -4.94. The van der Waals surface area contributed by atoms with Crippen molar-refractivity contribution in [2.45, 2.75) is 92.9 Å². The summed E-state index contributed by atoms with van der Waals surface area (Å²) in [7, 11) is 0. The van der Waals surface area contributed by atoms with Gasteiger partial charge in [-0.15, -0.1) is 0 Å². The Labute approximate surface area is 200 Å². The van der Waals surface area contributed by atoms with Gasteiger partial charge < -0.3 is 19.8 Å². The molecule has 0 aromatic rings. The van der Waals surface area contributed by atoms with Crippen molar-refractivity contribution in [2.75, 3.05) is 13.2 Å². The molecular formula is C22H40O8Zr. The molecule has 2 atom stereocenters. The van der Waals surface area contributed by atoms with Crippen molar-refractivity contribution >= 4 is 23.5 Å². The van der Waals surface area contributed by atoms with Gasteiger partial charge in [-0.05, 0) is 26.7 Å². The molecule has 0 aromatic heterocycles. The normalized spacial score (nSPS) is 11.5. The van der Waals surface area contributed by atoms with E-state index in [1.807, 2.05) is 13.8 Å². The zero-order chi connectivity index (χ0) is 24.7. The van der Waals surface area contributed by atoms with Gasteiger partial charge in [0.15, 0.2) is 0 Å². The first kappa shape index (κ1) is 34.7. The van der Waals surface area contributed by atoms with Crippen LogP contribution in [-0.2, 0) is 48.9 Å². The van der Waals surface area contributed by atoms with E-state index in [0.717, 1.165) is 13.2 Å². The topological polar surface area (TPSA) is 133 Å². The van der Waals surface area contributed by atoms with E-state index < -0.39 is 47.9 Å². The number of carboxylic acid groups (broad SMARTS) is 2. The number of hydrogen-bond donors (Lipinski definition) is 0. The van der Waals surface area contributed by atoms with Crippen molar-refractivity contribution in [3.63, 3.8) is 0 Å². The molecule has 0 rings (SSSR count). The third kappa shape index (κ3) is 25.2. The summed E-state index contributed by atoms with van der Waals surface area (Å²) in [5, 5.41) is 20.4. The molecule has 0 aliphatic heterocycles. The molecule has 0 bridgehead atoms. The van der Waals surface area contributed by atoms with E-state index in [2.05, 4.69) is 13.8 Å². The standard InChI is InChI=1S/2C7H12O3.2C4H9O.Zr/c2*1-3-4-6(5(2)8)7(9)10;2*1-2-3-4-5;/h2*6H,3-4H2,1-2H3,(H,9,10);2*2-4H2,1H3;/q;;2*-1;+4/p-2. The van der Waals surface area contributed by atoms with E-state index in [0.29, 0.717) is 25.7 Å². The number of carbonyl (C=O) groups excluding carboxylic acids is 4. The van der Waals surface area contributed by atoms with Crippen LogP contribution in [-0.4, -0.2) is 36.7 Å². The maximum absolute atomic E-state index is 10.6. The van der Waals surface area contributed by atoms with Crippen LogP contribution in [0, 0.1) is 11.8 Å². The molecule has 0 aliphatic rings. The summed E-state index contributed by atoms with van der Waals surface area (Å²) in [5.41, 5.74) is 0. The molecule has 0 saturated carbocycles. The molecule has 0 aromatic carbocycles. The van der Waals surface area contributed by atoms with E-state index in [1.54, 1.807) is 0 Å². The van der Waals surface area contributed by atoms with Crippen molar-refractivity contribution in [2.24, 2.45) is 11.8 Å². The zero-order valence-corrected chi connectivity index (χ0v) is 22.4. The third-order valence-corrected chi connectivity index (χ3v) is 5.61. The number of carbonyl (C=O) groups is 4. The average molecular weight is 524 g/mol. The average Bonchev–Trinajstić information content (AvgIpc) is 2.69. The van der Waals surface area contributed by atoms with Crippen LogP contribution in [0.1, 0.15) is 92.9 Å². The number of Topliss-reactive ketones (excluding diaryl/α,β-unsaturated/α-hetero) is 2. The van der Waals surface area contributed by atoms with Crippen LogP contribution in [0.4, 0.5) is 0 Å². The summed E-state index contributed by atoms with van der Waals surface area (Å²) in [6.45, 7) is 12.4. The fraction of sp³-hybridized carbons (Fsp3) is 0.818. The number of rotatable bonds is 16. The van der Waals surface area contributed by atoms with E-state index in [-0.39, 0.29) is 11.6 Å². The molecule has 0 fully saturated rings. The molecule has 31 heavy (non-hydrogen) atoms. The molecule has 180 valence electrons. The Balaban J connectivity index is -0.000000380. The molecule has 2 unspecified atom stereocenters. The van der Waals surface area contributed by atoms with Crippen LogP contribution in [0.3, 0.4) is 0 Å². The third-order valence-electron chi connectivity index (χ3n) is 4.02. The van der Waals surface area contributed by atoms with Gasteiger partial charge in [-0.2, -0.15) is 0 Å². The Morgan fingerprint density at radius 3 is 1.16 bits per heavy atom. The molecule has 0 aliphatic carbocycles. The predicted molar refractivity (Wildman–Crippen MR) is 110 cm³/mol. The second-order valence-corrected chi connectivity index (χ2v) is 8.86. The Kier molecular flexibility index (Phi) is 28.4. The SMILES string of the molecule is CCCC(C(C)=O)C(=O)[O-].CCCC(C(C)=O)C(=O)[O-].CCCC[O][Zr+2][O]CCCC. The fourth-order valence-corrected chi connectivity index (χ4v) is 3.43. The molecule has 8 nitrogen and oxygen atoms in total. The first-order valence-electron chi connectivity index (χ1n) is 11.0. The number of aliphatic carboxylic acids is 2. The van der Waals surface area contributed by atoms with Gasteiger partial charge in [-0.3, -0.25) is 9.59 Å². The molecule has 0 heterocycles. The van der Waals surface area contributed by atoms with E-state index >= 15 is 0 Å². The van der Waals surface area contributed by atoms with Gasteiger partial charge in [0.2, 0.25) is 0 Å². The van der Waals surface area contributed by atoms with Crippen LogP contribution >= 0.6 is 0 Å². The molecule has 0 radical (unpaired) electrons. The minimum atomic E-state index is -1.26. The summed E-state index contributed by atoms with van der Waals surface area (Å²) < 4.78 is 10.7. The van der Waals surface area contributed by atoms with Gasteiger partial charge in [-0.1, -0.05) is 26.7 Å². The number of unbranched alkanes of at least 4 members (excludes halogenated alkanes) is 2. The van der Waals surface area contributed by atoms with Crippen molar-refractivity contribution in [1.82, 2.24) is 0 Å². The molecule has 0 N–H and O–H groups in total. The summed E-state index contributed by atoms with van der Waals surface area (Å²) in [6.07, 6.45) is 6.95. The van der Waals surface area contributed by atoms with Crippen molar-refractivity contribution in [3.05, 3.63) is 0 Å². The van der Waals surface area contributed by atoms with Crippen molar-refractivity contribution in [1.29, 1.82) is 0 Å². The minimum absolute atomic E-state index is 0.318.